The summed E-state index contributed by atoms with van der Waals surface area (Å²) in [5.41, 5.74) is 4.79. The molecule has 0 bridgehead atoms. The van der Waals surface area contributed by atoms with E-state index >= 15 is 0 Å². The Hall–Kier alpha value is -2.74. The van der Waals surface area contributed by atoms with Crippen LogP contribution in [0.2, 0.25) is 0 Å². The van der Waals surface area contributed by atoms with Gasteiger partial charge in [0.25, 0.3) is 0 Å². The summed E-state index contributed by atoms with van der Waals surface area (Å²) in [6.07, 6.45) is 14.2. The Balaban J connectivity index is 0.900. The zero-order chi connectivity index (χ0) is 30.4. The smallest absolute Gasteiger partial charge is 0.206 e. The molecule has 4 heterocycles. The van der Waals surface area contributed by atoms with Crippen molar-refractivity contribution in [1.29, 1.82) is 0 Å². The number of hydrogen-bond donors (Lipinski definition) is 0. The standard InChI is InChI=1S/C38H48N4O2S/c43-45(44,36-15-19-39-20-16-36)35-13-11-34(12-14-35)42-25-30(26-42)24-40-21-17-33(18-22-40)38(32-6-2-3-7-32)28-41(23-29-9-10-29)27-31-5-1-4-8-37(31)38/h1,4-5,8,11-16,19-20,29-30,32-33H,2-3,6-7,9-10,17-18,21-28H2. The van der Waals surface area contributed by atoms with Gasteiger partial charge in [-0.15, -0.1) is 0 Å². The molecule has 2 aliphatic carbocycles. The van der Waals surface area contributed by atoms with E-state index in [1.54, 1.807) is 35.4 Å². The van der Waals surface area contributed by atoms with Crippen LogP contribution in [0.4, 0.5) is 5.69 Å². The second kappa shape index (κ2) is 12.1. The van der Waals surface area contributed by atoms with Crippen molar-refractivity contribution in [3.63, 3.8) is 0 Å². The molecule has 1 atom stereocenters. The van der Waals surface area contributed by atoms with Crippen LogP contribution in [0.3, 0.4) is 0 Å². The number of hydrogen-bond acceptors (Lipinski definition) is 6. The summed E-state index contributed by atoms with van der Waals surface area (Å²) in [7, 11) is -3.51. The number of nitrogens with zero attached hydrogens (tertiary/aromatic N) is 4. The Morgan fingerprint density at radius 1 is 0.711 bits per heavy atom. The maximum absolute atomic E-state index is 13.0. The van der Waals surface area contributed by atoms with Gasteiger partial charge in [0.1, 0.15) is 0 Å². The summed E-state index contributed by atoms with van der Waals surface area (Å²) in [6.45, 7) is 9.47. The molecule has 2 aromatic carbocycles. The van der Waals surface area contributed by atoms with Gasteiger partial charge in [0.05, 0.1) is 9.79 Å². The van der Waals surface area contributed by atoms with E-state index in [0.717, 1.165) is 43.1 Å². The first kappa shape index (κ1) is 29.6. The van der Waals surface area contributed by atoms with Crippen molar-refractivity contribution >= 4 is 15.5 Å². The van der Waals surface area contributed by atoms with Crippen LogP contribution in [-0.4, -0.2) is 69.0 Å². The normalized spacial score (nSPS) is 25.7. The molecule has 2 saturated carbocycles. The Bertz CT molecular complexity index is 1570. The van der Waals surface area contributed by atoms with Crippen molar-refractivity contribution in [2.45, 2.75) is 73.1 Å². The van der Waals surface area contributed by atoms with E-state index in [1.165, 1.54) is 96.5 Å². The molecule has 3 aromatic rings. The van der Waals surface area contributed by atoms with Crippen molar-refractivity contribution in [3.05, 3.63) is 84.2 Å². The second-order valence-electron chi connectivity index (χ2n) is 14.8. The van der Waals surface area contributed by atoms with Crippen LogP contribution in [0.5, 0.6) is 0 Å². The molecule has 8 rings (SSSR count). The summed E-state index contributed by atoms with van der Waals surface area (Å²) in [4.78, 5) is 12.6. The summed E-state index contributed by atoms with van der Waals surface area (Å²) < 4.78 is 25.9. The first-order chi connectivity index (χ1) is 22.0. The predicted molar refractivity (Wildman–Crippen MR) is 179 cm³/mol. The molecule has 45 heavy (non-hydrogen) atoms. The van der Waals surface area contributed by atoms with E-state index < -0.39 is 9.84 Å². The maximum Gasteiger partial charge on any atom is 0.206 e. The number of likely N-dealkylation sites (tertiary alicyclic amines) is 1. The molecular weight excluding hydrogens is 577 g/mol. The fourth-order valence-corrected chi connectivity index (χ4v) is 10.8. The van der Waals surface area contributed by atoms with Gasteiger partial charge in [0.2, 0.25) is 9.84 Å². The number of fused-ring (bicyclic) bond motifs is 1. The van der Waals surface area contributed by atoms with E-state index in [0.29, 0.717) is 16.2 Å². The highest BCUT2D eigenvalue weighted by atomic mass is 32.2. The van der Waals surface area contributed by atoms with Crippen LogP contribution in [0.25, 0.3) is 0 Å². The summed E-state index contributed by atoms with van der Waals surface area (Å²) in [6, 6.07) is 20.1. The number of pyridine rings is 1. The number of rotatable bonds is 9. The average Bonchev–Trinajstić information content (AvgIpc) is 3.69. The topological polar surface area (TPSA) is 56.8 Å². The highest BCUT2D eigenvalue weighted by Gasteiger charge is 2.52. The number of aromatic nitrogens is 1. The van der Waals surface area contributed by atoms with Gasteiger partial charge in [-0.25, -0.2) is 8.42 Å². The fourth-order valence-electron chi connectivity index (χ4n) is 9.51. The molecule has 4 fully saturated rings. The molecule has 7 heteroatoms. The highest BCUT2D eigenvalue weighted by molar-refractivity contribution is 7.91. The lowest BCUT2D eigenvalue weighted by atomic mass is 9.57. The van der Waals surface area contributed by atoms with E-state index in [2.05, 4.69) is 43.9 Å². The Labute approximate surface area is 269 Å². The van der Waals surface area contributed by atoms with Gasteiger partial charge in [-0.2, -0.15) is 0 Å². The van der Waals surface area contributed by atoms with Crippen LogP contribution in [0, 0.1) is 23.7 Å². The number of piperidine rings is 1. The van der Waals surface area contributed by atoms with Crippen molar-refractivity contribution in [2.24, 2.45) is 23.7 Å². The van der Waals surface area contributed by atoms with Crippen LogP contribution >= 0.6 is 0 Å². The molecular formula is C38H48N4O2S. The van der Waals surface area contributed by atoms with E-state index in [4.69, 9.17) is 0 Å². The van der Waals surface area contributed by atoms with Crippen molar-refractivity contribution < 1.29 is 8.42 Å². The maximum atomic E-state index is 13.0. The SMILES string of the molecule is O=S(=O)(c1ccncc1)c1ccc(N2CC(CN3CCC(C4(C5CCCC5)CN(CC5CC5)Cc5ccccc54)CC3)C2)cc1. The molecule has 3 aliphatic heterocycles. The molecule has 0 N–H and O–H groups in total. The lowest BCUT2D eigenvalue weighted by molar-refractivity contribution is 0.0328. The summed E-state index contributed by atoms with van der Waals surface area (Å²) >= 11 is 0. The van der Waals surface area contributed by atoms with E-state index in [1.807, 2.05) is 12.1 Å². The lowest BCUT2D eigenvalue weighted by Crippen LogP contribution is -2.57. The van der Waals surface area contributed by atoms with Gasteiger partial charge < -0.3 is 9.80 Å². The lowest BCUT2D eigenvalue weighted by Gasteiger charge is -2.54. The third-order valence-corrected chi connectivity index (χ3v) is 13.7. The Morgan fingerprint density at radius 3 is 2.07 bits per heavy atom. The summed E-state index contributed by atoms with van der Waals surface area (Å²) in [5.74, 6) is 3.23. The fraction of sp³-hybridized carbons (Fsp3) is 0.553. The number of sulfone groups is 1. The minimum Gasteiger partial charge on any atom is -0.371 e. The van der Waals surface area contributed by atoms with Gasteiger partial charge in [-0.1, -0.05) is 37.1 Å². The first-order valence-corrected chi connectivity index (χ1v) is 19.0. The molecule has 6 nitrogen and oxygen atoms in total. The average molecular weight is 625 g/mol. The molecule has 0 spiro atoms. The quantitative estimate of drug-likeness (QED) is 0.274. The van der Waals surface area contributed by atoms with Gasteiger partial charge >= 0.3 is 0 Å². The van der Waals surface area contributed by atoms with Crippen LogP contribution < -0.4 is 4.90 Å². The van der Waals surface area contributed by atoms with Crippen LogP contribution in [-0.2, 0) is 21.8 Å². The molecule has 1 aromatic heterocycles. The predicted octanol–water partition coefficient (Wildman–Crippen LogP) is 6.42. The van der Waals surface area contributed by atoms with Crippen LogP contribution in [0.1, 0.15) is 62.5 Å². The van der Waals surface area contributed by atoms with Gasteiger partial charge in [-0.05, 0) is 117 Å². The number of benzene rings is 2. The third kappa shape index (κ3) is 5.74. The minimum absolute atomic E-state index is 0.287. The molecule has 0 radical (unpaired) electrons. The van der Waals surface area contributed by atoms with Gasteiger partial charge in [0.15, 0.2) is 0 Å². The van der Waals surface area contributed by atoms with E-state index in [-0.39, 0.29) is 4.90 Å². The minimum atomic E-state index is -3.51. The Morgan fingerprint density at radius 2 is 1.36 bits per heavy atom. The van der Waals surface area contributed by atoms with Crippen molar-refractivity contribution in [3.8, 4) is 0 Å². The van der Waals surface area contributed by atoms with Crippen molar-refractivity contribution in [1.82, 2.24) is 14.8 Å². The van der Waals surface area contributed by atoms with Crippen molar-refractivity contribution in [2.75, 3.05) is 50.7 Å². The zero-order valence-corrected chi connectivity index (χ0v) is 27.4. The van der Waals surface area contributed by atoms with E-state index in [9.17, 15) is 8.42 Å². The molecule has 0 amide bonds. The Kier molecular flexibility index (Phi) is 7.99. The zero-order valence-electron chi connectivity index (χ0n) is 26.6. The molecule has 1 unspecified atom stereocenters. The van der Waals surface area contributed by atoms with Crippen LogP contribution in [0.15, 0.2) is 82.8 Å². The monoisotopic (exact) mass is 624 g/mol. The first-order valence-electron chi connectivity index (χ1n) is 17.5. The summed E-state index contributed by atoms with van der Waals surface area (Å²) in [5, 5.41) is 0. The molecule has 5 aliphatic rings. The number of anilines is 1. The van der Waals surface area contributed by atoms with Gasteiger partial charge in [0, 0.05) is 68.7 Å². The van der Waals surface area contributed by atoms with Gasteiger partial charge in [-0.3, -0.25) is 9.88 Å². The highest BCUT2D eigenvalue weighted by Crippen LogP contribution is 2.54. The largest absolute Gasteiger partial charge is 0.371 e. The molecule has 238 valence electrons. The second-order valence-corrected chi connectivity index (χ2v) is 16.8. The third-order valence-electron chi connectivity index (χ3n) is 12.0. The molecule has 2 saturated heterocycles.